The van der Waals surface area contributed by atoms with Crippen molar-refractivity contribution in [1.82, 2.24) is 10.2 Å². The fraction of sp³-hybridized carbons (Fsp3) is 0.588. The molecular formula is C17H26N2O2. The van der Waals surface area contributed by atoms with Gasteiger partial charge in [-0.25, -0.2) is 0 Å². The van der Waals surface area contributed by atoms with E-state index < -0.39 is 0 Å². The van der Waals surface area contributed by atoms with Crippen molar-refractivity contribution in [3.8, 4) is 5.75 Å². The summed E-state index contributed by atoms with van der Waals surface area (Å²) in [5.74, 6) is 1.52. The first kappa shape index (κ1) is 15.8. The molecule has 1 aromatic carbocycles. The minimum absolute atomic E-state index is 0.225. The van der Waals surface area contributed by atoms with Gasteiger partial charge in [-0.1, -0.05) is 26.0 Å². The Labute approximate surface area is 127 Å². The van der Waals surface area contributed by atoms with Crippen LogP contribution < -0.4 is 10.1 Å². The number of hydrogen-bond donors (Lipinski definition) is 1. The van der Waals surface area contributed by atoms with E-state index >= 15 is 0 Å². The predicted molar refractivity (Wildman–Crippen MR) is 84.5 cm³/mol. The number of carbonyl (C=O) groups excluding carboxylic acids is 1. The first-order valence-electron chi connectivity index (χ1n) is 7.75. The number of hydrogen-bond acceptors (Lipinski definition) is 3. The first-order valence-corrected chi connectivity index (χ1v) is 7.75. The third kappa shape index (κ3) is 4.21. The summed E-state index contributed by atoms with van der Waals surface area (Å²) in [6.07, 6.45) is 1.49. The van der Waals surface area contributed by atoms with E-state index in [-0.39, 0.29) is 5.91 Å². The van der Waals surface area contributed by atoms with Crippen molar-refractivity contribution >= 4 is 5.91 Å². The van der Waals surface area contributed by atoms with Crippen LogP contribution in [0.3, 0.4) is 0 Å². The Balaban J connectivity index is 2.05. The predicted octanol–water partition coefficient (Wildman–Crippen LogP) is 2.08. The van der Waals surface area contributed by atoms with Crippen molar-refractivity contribution in [3.63, 3.8) is 0 Å². The summed E-state index contributed by atoms with van der Waals surface area (Å²) >= 11 is 0. The molecule has 0 radical (unpaired) electrons. The van der Waals surface area contributed by atoms with Crippen molar-refractivity contribution in [1.29, 1.82) is 0 Å². The molecule has 1 unspecified atom stereocenters. The molecule has 0 bridgehead atoms. The van der Waals surface area contributed by atoms with Crippen molar-refractivity contribution in [3.05, 3.63) is 29.8 Å². The molecule has 0 saturated carbocycles. The highest BCUT2D eigenvalue weighted by molar-refractivity contribution is 5.79. The van der Waals surface area contributed by atoms with Crippen LogP contribution in [0.25, 0.3) is 0 Å². The second-order valence-electron chi connectivity index (χ2n) is 5.98. The minimum atomic E-state index is 0.225. The van der Waals surface area contributed by atoms with E-state index in [4.69, 9.17) is 4.74 Å². The van der Waals surface area contributed by atoms with Gasteiger partial charge in [0, 0.05) is 19.1 Å². The zero-order valence-corrected chi connectivity index (χ0v) is 13.3. The van der Waals surface area contributed by atoms with E-state index in [1.165, 1.54) is 0 Å². The van der Waals surface area contributed by atoms with Gasteiger partial charge in [0.2, 0.25) is 5.91 Å². The van der Waals surface area contributed by atoms with Gasteiger partial charge in [0.05, 0.1) is 13.5 Å². The molecule has 1 fully saturated rings. The second kappa shape index (κ2) is 7.46. The van der Waals surface area contributed by atoms with Crippen molar-refractivity contribution in [2.75, 3.05) is 26.7 Å². The molecule has 21 heavy (non-hydrogen) atoms. The molecule has 1 heterocycles. The van der Waals surface area contributed by atoms with E-state index in [1.54, 1.807) is 7.11 Å². The number of benzene rings is 1. The van der Waals surface area contributed by atoms with Gasteiger partial charge in [-0.05, 0) is 36.6 Å². The molecule has 0 aromatic heterocycles. The summed E-state index contributed by atoms with van der Waals surface area (Å²) in [6.45, 7) is 7.11. The number of carbonyl (C=O) groups is 1. The molecule has 2 rings (SSSR count). The fourth-order valence-corrected chi connectivity index (χ4v) is 2.83. The molecule has 4 nitrogen and oxygen atoms in total. The van der Waals surface area contributed by atoms with Crippen LogP contribution in [0.15, 0.2) is 24.3 Å². The minimum Gasteiger partial charge on any atom is -0.497 e. The number of nitrogens with zero attached hydrogens (tertiary/aromatic N) is 1. The van der Waals surface area contributed by atoms with Crippen LogP contribution >= 0.6 is 0 Å². The van der Waals surface area contributed by atoms with Crippen LogP contribution in [0.1, 0.15) is 25.8 Å². The lowest BCUT2D eigenvalue weighted by Gasteiger charge is -2.32. The van der Waals surface area contributed by atoms with Gasteiger partial charge >= 0.3 is 0 Å². The highest BCUT2D eigenvalue weighted by Crippen LogP contribution is 2.17. The van der Waals surface area contributed by atoms with Crippen molar-refractivity contribution < 1.29 is 9.53 Å². The lowest BCUT2D eigenvalue weighted by Crippen LogP contribution is -2.47. The second-order valence-corrected chi connectivity index (χ2v) is 5.98. The topological polar surface area (TPSA) is 41.6 Å². The molecule has 1 aromatic rings. The van der Waals surface area contributed by atoms with Gasteiger partial charge in [-0.15, -0.1) is 0 Å². The van der Waals surface area contributed by atoms with E-state index in [2.05, 4.69) is 24.1 Å². The summed E-state index contributed by atoms with van der Waals surface area (Å²) in [5, 5.41) is 3.43. The number of ether oxygens (including phenoxy) is 1. The molecule has 116 valence electrons. The van der Waals surface area contributed by atoms with Gasteiger partial charge < -0.3 is 15.0 Å². The monoisotopic (exact) mass is 290 g/mol. The zero-order chi connectivity index (χ0) is 15.2. The summed E-state index contributed by atoms with van der Waals surface area (Å²) in [7, 11) is 1.65. The lowest BCUT2D eigenvalue weighted by atomic mass is 10.0. The smallest absolute Gasteiger partial charge is 0.227 e. The molecule has 4 heteroatoms. The molecule has 0 aliphatic carbocycles. The van der Waals surface area contributed by atoms with Crippen LogP contribution in [0.2, 0.25) is 0 Å². The normalized spacial score (nSPS) is 19.4. The zero-order valence-electron chi connectivity index (χ0n) is 13.3. The number of rotatable bonds is 4. The standard InChI is InChI=1S/C17H26N2O2/c1-13(2)16-12-18-9-4-10-19(16)17(20)11-14-5-7-15(21-3)8-6-14/h5-8,13,16,18H,4,9-12H2,1-3H3. The molecule has 1 amide bonds. The molecule has 1 aliphatic heterocycles. The molecule has 0 spiro atoms. The Morgan fingerprint density at radius 3 is 2.71 bits per heavy atom. The average molecular weight is 290 g/mol. The van der Waals surface area contributed by atoms with E-state index in [1.807, 2.05) is 24.3 Å². The van der Waals surface area contributed by atoms with E-state index in [9.17, 15) is 4.79 Å². The molecular weight excluding hydrogens is 264 g/mol. The number of amides is 1. The fourth-order valence-electron chi connectivity index (χ4n) is 2.83. The summed E-state index contributed by atoms with van der Waals surface area (Å²) in [4.78, 5) is 14.7. The maximum Gasteiger partial charge on any atom is 0.227 e. The molecule has 1 saturated heterocycles. The van der Waals surface area contributed by atoms with Crippen LogP contribution in [-0.2, 0) is 11.2 Å². The summed E-state index contributed by atoms with van der Waals surface area (Å²) < 4.78 is 5.15. The van der Waals surface area contributed by atoms with E-state index in [0.29, 0.717) is 18.4 Å². The average Bonchev–Trinajstić information content (AvgIpc) is 2.74. The largest absolute Gasteiger partial charge is 0.497 e. The van der Waals surface area contributed by atoms with Crippen molar-refractivity contribution in [2.24, 2.45) is 5.92 Å². The van der Waals surface area contributed by atoms with Crippen LogP contribution in [0.5, 0.6) is 5.75 Å². The Hall–Kier alpha value is -1.55. The Bertz CT molecular complexity index is 456. The molecule has 1 N–H and O–H groups in total. The van der Waals surface area contributed by atoms with Crippen molar-refractivity contribution in [2.45, 2.75) is 32.7 Å². The van der Waals surface area contributed by atoms with Gasteiger partial charge in [-0.2, -0.15) is 0 Å². The Morgan fingerprint density at radius 1 is 1.38 bits per heavy atom. The third-order valence-electron chi connectivity index (χ3n) is 4.11. The molecule has 1 atom stereocenters. The number of methoxy groups -OCH3 is 1. The number of nitrogens with one attached hydrogen (secondary N) is 1. The van der Waals surface area contributed by atoms with Gasteiger partial charge in [0.15, 0.2) is 0 Å². The van der Waals surface area contributed by atoms with E-state index in [0.717, 1.165) is 37.4 Å². The third-order valence-corrected chi connectivity index (χ3v) is 4.11. The first-order chi connectivity index (χ1) is 10.1. The maximum atomic E-state index is 12.7. The quantitative estimate of drug-likeness (QED) is 0.923. The van der Waals surface area contributed by atoms with Crippen LogP contribution in [-0.4, -0.2) is 43.6 Å². The van der Waals surface area contributed by atoms with Crippen LogP contribution in [0.4, 0.5) is 0 Å². The lowest BCUT2D eigenvalue weighted by molar-refractivity contribution is -0.133. The summed E-state index contributed by atoms with van der Waals surface area (Å²) in [6, 6.07) is 8.05. The van der Waals surface area contributed by atoms with Gasteiger partial charge in [-0.3, -0.25) is 4.79 Å². The van der Waals surface area contributed by atoms with Crippen LogP contribution in [0, 0.1) is 5.92 Å². The maximum absolute atomic E-state index is 12.7. The van der Waals surface area contributed by atoms with Gasteiger partial charge in [0.1, 0.15) is 5.75 Å². The highest BCUT2D eigenvalue weighted by Gasteiger charge is 2.27. The molecule has 1 aliphatic rings. The highest BCUT2D eigenvalue weighted by atomic mass is 16.5. The summed E-state index contributed by atoms with van der Waals surface area (Å²) in [5.41, 5.74) is 1.04. The Morgan fingerprint density at radius 2 is 2.10 bits per heavy atom. The SMILES string of the molecule is COc1ccc(CC(=O)N2CCCNCC2C(C)C)cc1. The Kier molecular flexibility index (Phi) is 5.62. The van der Waals surface area contributed by atoms with Gasteiger partial charge in [0.25, 0.3) is 0 Å².